The van der Waals surface area contributed by atoms with E-state index in [1.807, 2.05) is 13.0 Å². The van der Waals surface area contributed by atoms with E-state index in [1.54, 1.807) is 17.0 Å². The summed E-state index contributed by atoms with van der Waals surface area (Å²) in [6.45, 7) is 4.79. The summed E-state index contributed by atoms with van der Waals surface area (Å²) in [5, 5.41) is 0.673. The van der Waals surface area contributed by atoms with E-state index in [-0.39, 0.29) is 24.3 Å². The van der Waals surface area contributed by atoms with Crippen LogP contribution in [0.3, 0.4) is 0 Å². The third kappa shape index (κ3) is 4.65. The van der Waals surface area contributed by atoms with Crippen LogP contribution in [0.5, 0.6) is 5.75 Å². The average molecular weight is 388 g/mol. The number of ether oxygens (including phenoxy) is 1. The molecule has 0 spiro atoms. The van der Waals surface area contributed by atoms with E-state index >= 15 is 0 Å². The van der Waals surface area contributed by atoms with E-state index in [0.717, 1.165) is 25.1 Å². The first-order valence-electron chi connectivity index (χ1n) is 8.56. The normalized spacial score (nSPS) is 23.6. The maximum atomic E-state index is 12.3. The fourth-order valence-corrected chi connectivity index (χ4v) is 5.46. The quantitative estimate of drug-likeness (QED) is 0.786. The second kappa shape index (κ2) is 7.51. The van der Waals surface area contributed by atoms with Crippen molar-refractivity contribution >= 4 is 27.3 Å². The summed E-state index contributed by atoms with van der Waals surface area (Å²) < 4.78 is 28.8. The number of amides is 1. The van der Waals surface area contributed by atoms with Gasteiger partial charge in [0, 0.05) is 11.4 Å². The second-order valence-corrected chi connectivity index (χ2v) is 9.47. The molecule has 8 heteroatoms. The molecule has 0 aliphatic carbocycles. The van der Waals surface area contributed by atoms with E-state index in [9.17, 15) is 13.2 Å². The number of hydrogen-bond acceptors (Lipinski definition) is 4. The second-order valence-electron chi connectivity index (χ2n) is 6.84. The van der Waals surface area contributed by atoms with Gasteiger partial charge in [0.1, 0.15) is 17.5 Å². The number of hydrogen-bond donors (Lipinski definition) is 1. The van der Waals surface area contributed by atoms with Crippen LogP contribution in [0.1, 0.15) is 12.0 Å². The lowest BCUT2D eigenvalue weighted by atomic mass is 10.2. The van der Waals surface area contributed by atoms with Gasteiger partial charge in [-0.3, -0.25) is 4.79 Å². The van der Waals surface area contributed by atoms with Crippen molar-refractivity contribution < 1.29 is 22.8 Å². The van der Waals surface area contributed by atoms with Crippen LogP contribution in [0.15, 0.2) is 18.2 Å². The number of piperazine rings is 1. The number of quaternary nitrogens is 1. The van der Waals surface area contributed by atoms with Gasteiger partial charge in [0.2, 0.25) is 0 Å². The van der Waals surface area contributed by atoms with E-state index in [1.165, 1.54) is 4.90 Å². The van der Waals surface area contributed by atoms with Crippen LogP contribution < -0.4 is 9.64 Å². The van der Waals surface area contributed by atoms with Crippen LogP contribution >= 0.6 is 11.6 Å². The molecule has 1 aromatic carbocycles. The van der Waals surface area contributed by atoms with Gasteiger partial charge in [0.05, 0.1) is 31.9 Å². The van der Waals surface area contributed by atoms with E-state index < -0.39 is 9.84 Å². The minimum absolute atomic E-state index is 0.00815. The monoisotopic (exact) mass is 387 g/mol. The predicted molar refractivity (Wildman–Crippen MR) is 96.0 cm³/mol. The number of carbonyl (C=O) groups is 1. The molecule has 6 nitrogen and oxygen atoms in total. The number of aryl methyl sites for hydroxylation is 1. The summed E-state index contributed by atoms with van der Waals surface area (Å²) in [7, 11) is -2.85. The van der Waals surface area contributed by atoms with Crippen LogP contribution in [0, 0.1) is 6.92 Å². The van der Waals surface area contributed by atoms with Crippen LogP contribution in [0.25, 0.3) is 0 Å². The molecule has 0 saturated carbocycles. The van der Waals surface area contributed by atoms with Crippen molar-refractivity contribution in [3.05, 3.63) is 28.8 Å². The SMILES string of the molecule is Cc1cc(OCC(=O)N2CC[NH+]([C@@H]3CCS(=O)(=O)C3)CC2)ccc1Cl. The molecule has 0 bridgehead atoms. The van der Waals surface area contributed by atoms with Crippen molar-refractivity contribution in [2.75, 3.05) is 44.3 Å². The van der Waals surface area contributed by atoms with Crippen molar-refractivity contribution in [2.24, 2.45) is 0 Å². The van der Waals surface area contributed by atoms with Gasteiger partial charge in [-0.25, -0.2) is 8.42 Å². The smallest absolute Gasteiger partial charge is 0.260 e. The lowest BCUT2D eigenvalue weighted by Gasteiger charge is -2.34. The summed E-state index contributed by atoms with van der Waals surface area (Å²) in [4.78, 5) is 15.4. The molecular formula is C17H24ClN2O4S+. The first-order chi connectivity index (χ1) is 11.8. The summed E-state index contributed by atoms with van der Waals surface area (Å²) in [5.74, 6) is 1.19. The molecule has 2 aliphatic heterocycles. The van der Waals surface area contributed by atoms with E-state index in [2.05, 4.69) is 0 Å². The fraction of sp³-hybridized carbons (Fsp3) is 0.588. The van der Waals surface area contributed by atoms with Crippen molar-refractivity contribution in [1.29, 1.82) is 0 Å². The number of nitrogens with one attached hydrogen (secondary N) is 1. The molecule has 0 unspecified atom stereocenters. The third-order valence-electron chi connectivity index (χ3n) is 5.06. The number of halogens is 1. The molecule has 3 rings (SSSR count). The summed E-state index contributed by atoms with van der Waals surface area (Å²) in [6.07, 6.45) is 0.741. The molecule has 1 N–H and O–H groups in total. The van der Waals surface area contributed by atoms with Crippen molar-refractivity contribution in [1.82, 2.24) is 4.90 Å². The van der Waals surface area contributed by atoms with Crippen LogP contribution in [0.2, 0.25) is 5.02 Å². The highest BCUT2D eigenvalue weighted by Crippen LogP contribution is 2.21. The zero-order chi connectivity index (χ0) is 18.0. The van der Waals surface area contributed by atoms with Gasteiger partial charge in [-0.1, -0.05) is 11.6 Å². The molecule has 2 saturated heterocycles. The number of rotatable bonds is 4. The summed E-state index contributed by atoms with van der Waals surface area (Å²) in [5.41, 5.74) is 0.912. The highest BCUT2D eigenvalue weighted by Gasteiger charge is 2.37. The minimum Gasteiger partial charge on any atom is -0.484 e. The Hall–Kier alpha value is -1.31. The van der Waals surface area contributed by atoms with Crippen LogP contribution in [-0.4, -0.2) is 69.6 Å². The Balaban J connectivity index is 1.46. The minimum atomic E-state index is -2.85. The first kappa shape index (κ1) is 18.5. The Kier molecular flexibility index (Phi) is 5.55. The number of sulfone groups is 1. The lowest BCUT2D eigenvalue weighted by Crippen LogP contribution is -3.18. The summed E-state index contributed by atoms with van der Waals surface area (Å²) in [6, 6.07) is 5.52. The molecule has 138 valence electrons. The third-order valence-corrected chi connectivity index (χ3v) is 7.25. The topological polar surface area (TPSA) is 68.1 Å². The van der Waals surface area contributed by atoms with E-state index in [0.29, 0.717) is 29.6 Å². The van der Waals surface area contributed by atoms with Gasteiger partial charge >= 0.3 is 0 Å². The zero-order valence-corrected chi connectivity index (χ0v) is 15.9. The molecule has 25 heavy (non-hydrogen) atoms. The molecule has 1 atom stereocenters. The highest BCUT2D eigenvalue weighted by atomic mass is 35.5. The highest BCUT2D eigenvalue weighted by molar-refractivity contribution is 7.91. The maximum Gasteiger partial charge on any atom is 0.260 e. The summed E-state index contributed by atoms with van der Waals surface area (Å²) >= 11 is 5.98. The Bertz CT molecular complexity index is 745. The Morgan fingerprint density at radius 1 is 1.36 bits per heavy atom. The number of benzene rings is 1. The number of carbonyl (C=O) groups excluding carboxylic acids is 1. The molecule has 0 radical (unpaired) electrons. The molecule has 2 fully saturated rings. The van der Waals surface area contributed by atoms with Gasteiger partial charge in [0.15, 0.2) is 16.4 Å². The zero-order valence-electron chi connectivity index (χ0n) is 14.3. The van der Waals surface area contributed by atoms with Gasteiger partial charge in [-0.05, 0) is 30.7 Å². The predicted octanol–water partition coefficient (Wildman–Crippen LogP) is -0.0586. The largest absolute Gasteiger partial charge is 0.484 e. The fourth-order valence-electron chi connectivity index (χ4n) is 3.51. The average Bonchev–Trinajstić information content (AvgIpc) is 2.96. The Labute approximate surface area is 153 Å². The Morgan fingerprint density at radius 3 is 2.68 bits per heavy atom. The van der Waals surface area contributed by atoms with Crippen molar-refractivity contribution in [3.8, 4) is 5.75 Å². The molecule has 1 aromatic rings. The molecular weight excluding hydrogens is 364 g/mol. The molecule has 1 amide bonds. The maximum absolute atomic E-state index is 12.3. The van der Waals surface area contributed by atoms with Crippen LogP contribution in [0.4, 0.5) is 0 Å². The number of nitrogens with zero attached hydrogens (tertiary/aromatic N) is 1. The molecule has 0 aromatic heterocycles. The lowest BCUT2D eigenvalue weighted by molar-refractivity contribution is -0.925. The van der Waals surface area contributed by atoms with Gasteiger partial charge in [-0.2, -0.15) is 0 Å². The van der Waals surface area contributed by atoms with Gasteiger partial charge < -0.3 is 14.5 Å². The van der Waals surface area contributed by atoms with Gasteiger partial charge in [-0.15, -0.1) is 0 Å². The Morgan fingerprint density at radius 2 is 2.08 bits per heavy atom. The van der Waals surface area contributed by atoms with Crippen LogP contribution in [-0.2, 0) is 14.6 Å². The molecule has 2 aliphatic rings. The van der Waals surface area contributed by atoms with E-state index in [4.69, 9.17) is 16.3 Å². The standard InChI is InChI=1S/C17H23ClN2O4S/c1-13-10-15(2-3-16(13)18)24-11-17(21)20-7-5-19(6-8-20)14-4-9-25(22,23)12-14/h2-3,10,14H,4-9,11-12H2,1H3/p+1/t14-/m1/s1. The van der Waals surface area contributed by atoms with Crippen molar-refractivity contribution in [2.45, 2.75) is 19.4 Å². The van der Waals surface area contributed by atoms with Gasteiger partial charge in [0.25, 0.3) is 5.91 Å². The molecule has 2 heterocycles. The first-order valence-corrected chi connectivity index (χ1v) is 10.8. The van der Waals surface area contributed by atoms with Crippen molar-refractivity contribution in [3.63, 3.8) is 0 Å².